The fourth-order valence-corrected chi connectivity index (χ4v) is 5.51. The van der Waals surface area contributed by atoms with E-state index in [1.54, 1.807) is 19.2 Å². The van der Waals surface area contributed by atoms with Crippen molar-refractivity contribution in [1.82, 2.24) is 10.2 Å². The van der Waals surface area contributed by atoms with Crippen LogP contribution in [0.2, 0.25) is 0 Å². The Hall–Kier alpha value is -4.90. The highest BCUT2D eigenvalue weighted by atomic mass is 32.2. The summed E-state index contributed by atoms with van der Waals surface area (Å²) in [5.41, 5.74) is 1.90. The number of ether oxygens (including phenoxy) is 2. The van der Waals surface area contributed by atoms with Crippen LogP contribution in [0.1, 0.15) is 18.1 Å². The average Bonchev–Trinajstić information content (AvgIpc) is 3.03. The van der Waals surface area contributed by atoms with Crippen LogP contribution in [0.3, 0.4) is 0 Å². The number of carbonyl (C=O) groups is 2. The molecule has 11 heteroatoms. The molecule has 4 aromatic rings. The predicted octanol–water partition coefficient (Wildman–Crippen LogP) is 4.79. The van der Waals surface area contributed by atoms with E-state index >= 15 is 0 Å². The minimum absolute atomic E-state index is 0.0409. The number of rotatable bonds is 14. The third kappa shape index (κ3) is 8.81. The van der Waals surface area contributed by atoms with Crippen LogP contribution in [0.5, 0.6) is 11.5 Å². The van der Waals surface area contributed by atoms with Gasteiger partial charge in [-0.05, 0) is 78.7 Å². The fourth-order valence-electron chi connectivity index (χ4n) is 4.45. The summed E-state index contributed by atoms with van der Waals surface area (Å²) in [6.07, 6.45) is 0.294. The Balaban J connectivity index is 1.52. The molecule has 4 rings (SSSR count). The molecule has 230 valence electrons. The molecule has 0 aliphatic heterocycles. The van der Waals surface area contributed by atoms with Gasteiger partial charge in [-0.15, -0.1) is 0 Å². The number of hydrogen-bond acceptors (Lipinski definition) is 6. The summed E-state index contributed by atoms with van der Waals surface area (Å²) >= 11 is 0. The first kappa shape index (κ1) is 32.0. The van der Waals surface area contributed by atoms with E-state index in [0.717, 1.165) is 23.3 Å². The van der Waals surface area contributed by atoms with Crippen molar-refractivity contribution in [1.29, 1.82) is 0 Å². The molecule has 0 heterocycles. The Morgan fingerprint density at radius 3 is 2.09 bits per heavy atom. The number of nitrogens with zero attached hydrogens (tertiary/aromatic N) is 1. The maximum atomic E-state index is 13.7. The lowest BCUT2D eigenvalue weighted by Crippen LogP contribution is -2.51. The van der Waals surface area contributed by atoms with Gasteiger partial charge < -0.3 is 19.7 Å². The van der Waals surface area contributed by atoms with Crippen LogP contribution in [0.4, 0.5) is 10.1 Å². The van der Waals surface area contributed by atoms with Crippen molar-refractivity contribution in [2.24, 2.45) is 0 Å². The molecule has 4 aromatic carbocycles. The number of likely N-dealkylation sites (N-methyl/N-ethyl adjacent to an activating group) is 1. The highest BCUT2D eigenvalue weighted by Crippen LogP contribution is 2.21. The lowest BCUT2D eigenvalue weighted by atomic mass is 10.0. The van der Waals surface area contributed by atoms with Gasteiger partial charge in [0.25, 0.3) is 15.9 Å². The number of methoxy groups -OCH3 is 1. The molecule has 2 N–H and O–H groups in total. The first-order valence-electron chi connectivity index (χ1n) is 13.9. The zero-order chi connectivity index (χ0) is 31.5. The number of sulfonamides is 1. The second-order valence-electron chi connectivity index (χ2n) is 9.84. The normalized spacial score (nSPS) is 11.7. The van der Waals surface area contributed by atoms with Crippen molar-refractivity contribution in [3.8, 4) is 11.5 Å². The van der Waals surface area contributed by atoms with Gasteiger partial charge in [-0.1, -0.05) is 42.5 Å². The number of anilines is 1. The van der Waals surface area contributed by atoms with Gasteiger partial charge in [0.15, 0.2) is 6.61 Å². The van der Waals surface area contributed by atoms with Gasteiger partial charge in [-0.25, -0.2) is 12.8 Å². The molecule has 0 fully saturated rings. The first-order valence-corrected chi connectivity index (χ1v) is 15.4. The quantitative estimate of drug-likeness (QED) is 0.210. The summed E-state index contributed by atoms with van der Waals surface area (Å²) in [6.45, 7) is 1.97. The number of hydrogen-bond donors (Lipinski definition) is 2. The van der Waals surface area contributed by atoms with Crippen LogP contribution in [-0.2, 0) is 32.6 Å². The lowest BCUT2D eigenvalue weighted by molar-refractivity contribution is -0.142. The Labute approximate surface area is 256 Å². The molecule has 44 heavy (non-hydrogen) atoms. The van der Waals surface area contributed by atoms with Crippen LogP contribution in [0.25, 0.3) is 0 Å². The topological polar surface area (TPSA) is 114 Å². The highest BCUT2D eigenvalue weighted by Gasteiger charge is 2.30. The Morgan fingerprint density at radius 1 is 0.841 bits per heavy atom. The first-order chi connectivity index (χ1) is 21.2. The second-order valence-corrected chi connectivity index (χ2v) is 11.5. The monoisotopic (exact) mass is 619 g/mol. The number of carbonyl (C=O) groups excluding carboxylic acids is 2. The van der Waals surface area contributed by atoms with Crippen LogP contribution in [0.15, 0.2) is 108 Å². The Morgan fingerprint density at radius 2 is 1.48 bits per heavy atom. The number of halogens is 1. The molecular formula is C33H34FN3O6S. The van der Waals surface area contributed by atoms with E-state index in [9.17, 15) is 22.4 Å². The van der Waals surface area contributed by atoms with Gasteiger partial charge in [0.2, 0.25) is 5.91 Å². The molecule has 0 spiro atoms. The van der Waals surface area contributed by atoms with Gasteiger partial charge in [0, 0.05) is 25.2 Å². The smallest absolute Gasteiger partial charge is 0.261 e. The summed E-state index contributed by atoms with van der Waals surface area (Å²) in [6, 6.07) is 26.3. The van der Waals surface area contributed by atoms with Crippen molar-refractivity contribution in [2.75, 3.05) is 25.0 Å². The molecule has 9 nitrogen and oxygen atoms in total. The van der Waals surface area contributed by atoms with Crippen LogP contribution in [-0.4, -0.2) is 51.4 Å². The highest BCUT2D eigenvalue weighted by molar-refractivity contribution is 7.92. The van der Waals surface area contributed by atoms with Gasteiger partial charge in [0.05, 0.1) is 12.0 Å². The van der Waals surface area contributed by atoms with Crippen LogP contribution >= 0.6 is 0 Å². The molecule has 0 radical (unpaired) electrons. The van der Waals surface area contributed by atoms with E-state index in [4.69, 9.17) is 9.47 Å². The number of benzene rings is 4. The van der Waals surface area contributed by atoms with Crippen molar-refractivity contribution in [2.45, 2.75) is 30.8 Å². The molecule has 0 unspecified atom stereocenters. The predicted molar refractivity (Wildman–Crippen MR) is 165 cm³/mol. The third-order valence-electron chi connectivity index (χ3n) is 6.73. The van der Waals surface area contributed by atoms with Crippen LogP contribution in [0, 0.1) is 5.82 Å². The van der Waals surface area contributed by atoms with Crippen molar-refractivity contribution in [3.63, 3.8) is 0 Å². The molecule has 0 bridgehead atoms. The van der Waals surface area contributed by atoms with Gasteiger partial charge >= 0.3 is 0 Å². The Kier molecular flexibility index (Phi) is 10.9. The summed E-state index contributed by atoms with van der Waals surface area (Å²) in [7, 11) is -2.37. The maximum absolute atomic E-state index is 13.7. The molecule has 2 amide bonds. The standard InChI is InChI=1S/C33H34FN3O6S/c1-3-35-33(39)31(21-24-7-5-4-6-8-24)37(22-25-9-15-28(42-2)16-10-25)32(38)23-43-29-17-19-30(20-18-29)44(40,41)36-27-13-11-26(34)12-14-27/h4-20,31,36H,3,21-23H2,1-2H3,(H,35,39)/t31-/m0/s1. The SMILES string of the molecule is CCNC(=O)[C@H](Cc1ccccc1)N(Cc1ccc(OC)cc1)C(=O)COc1ccc(S(=O)(=O)Nc2ccc(F)cc2)cc1. The maximum Gasteiger partial charge on any atom is 0.261 e. The summed E-state index contributed by atoms with van der Waals surface area (Å²) in [5.74, 6) is -0.271. The summed E-state index contributed by atoms with van der Waals surface area (Å²) in [5, 5.41) is 2.84. The van der Waals surface area contributed by atoms with E-state index in [-0.39, 0.29) is 35.4 Å². The van der Waals surface area contributed by atoms with Crippen LogP contribution < -0.4 is 19.5 Å². The summed E-state index contributed by atoms with van der Waals surface area (Å²) < 4.78 is 52.1. The molecule has 1 atom stereocenters. The van der Waals surface area contributed by atoms with Gasteiger partial charge in [-0.3, -0.25) is 14.3 Å². The largest absolute Gasteiger partial charge is 0.497 e. The van der Waals surface area contributed by atoms with E-state index in [0.29, 0.717) is 18.7 Å². The molecule has 0 aromatic heterocycles. The number of nitrogens with one attached hydrogen (secondary N) is 2. The Bertz CT molecular complexity index is 1630. The van der Waals surface area contributed by atoms with E-state index < -0.39 is 27.8 Å². The van der Waals surface area contributed by atoms with Crippen molar-refractivity contribution < 1.29 is 31.9 Å². The molecule has 0 aliphatic carbocycles. The lowest BCUT2D eigenvalue weighted by Gasteiger charge is -2.31. The van der Waals surface area contributed by atoms with Crippen molar-refractivity contribution in [3.05, 3.63) is 120 Å². The zero-order valence-corrected chi connectivity index (χ0v) is 25.2. The molecule has 0 saturated carbocycles. The molecular weight excluding hydrogens is 585 g/mol. The summed E-state index contributed by atoms with van der Waals surface area (Å²) in [4.78, 5) is 28.4. The molecule has 0 aliphatic rings. The minimum Gasteiger partial charge on any atom is -0.497 e. The average molecular weight is 620 g/mol. The second kappa shape index (κ2) is 15.0. The van der Waals surface area contributed by atoms with E-state index in [2.05, 4.69) is 10.0 Å². The third-order valence-corrected chi connectivity index (χ3v) is 8.12. The van der Waals surface area contributed by atoms with Gasteiger partial charge in [-0.2, -0.15) is 0 Å². The zero-order valence-electron chi connectivity index (χ0n) is 24.4. The minimum atomic E-state index is -3.94. The fraction of sp³-hybridized carbons (Fsp3) is 0.212. The van der Waals surface area contributed by atoms with Gasteiger partial charge in [0.1, 0.15) is 23.4 Å². The van der Waals surface area contributed by atoms with Crippen molar-refractivity contribution >= 4 is 27.5 Å². The number of amides is 2. The van der Waals surface area contributed by atoms with E-state index in [1.165, 1.54) is 41.3 Å². The molecule has 0 saturated heterocycles. The van der Waals surface area contributed by atoms with E-state index in [1.807, 2.05) is 49.4 Å².